The number of carbonyl (C=O) groups is 1. The molecule has 0 spiro atoms. The summed E-state index contributed by atoms with van der Waals surface area (Å²) in [4.78, 5) is 13.0. The monoisotopic (exact) mass is 514 g/mol. The van der Waals surface area contributed by atoms with Crippen LogP contribution in [-0.2, 0) is 10.2 Å². The van der Waals surface area contributed by atoms with Gasteiger partial charge in [-0.15, -0.1) is 10.2 Å². The quantitative estimate of drug-likeness (QED) is 0.254. The molecule has 0 aliphatic rings. The molecule has 0 atom stereocenters. The molecule has 4 rings (SSSR count). The molecule has 1 heterocycles. The van der Waals surface area contributed by atoms with Gasteiger partial charge in [0.05, 0.1) is 18.6 Å². The third-order valence-electron chi connectivity index (χ3n) is 6.12. The Morgan fingerprint density at radius 2 is 1.65 bits per heavy atom. The zero-order valence-corrected chi connectivity index (χ0v) is 23.1. The second-order valence-corrected chi connectivity index (χ2v) is 11.2. The zero-order valence-electron chi connectivity index (χ0n) is 22.3. The summed E-state index contributed by atoms with van der Waals surface area (Å²) in [6.07, 6.45) is 0. The first-order chi connectivity index (χ1) is 17.7. The number of thioether (sulfide) groups is 1. The normalized spacial score (nSPS) is 11.5. The second kappa shape index (κ2) is 11.2. The van der Waals surface area contributed by atoms with Crippen molar-refractivity contribution in [1.82, 2.24) is 14.8 Å². The van der Waals surface area contributed by atoms with Gasteiger partial charge < -0.3 is 10.1 Å². The molecule has 0 saturated carbocycles. The molecular formula is C30H34N4O2S. The minimum atomic E-state index is -0.0839. The molecule has 192 valence electrons. The summed E-state index contributed by atoms with van der Waals surface area (Å²) in [7, 11) is 1.65. The average Bonchev–Trinajstić information content (AvgIpc) is 3.31. The predicted molar refractivity (Wildman–Crippen MR) is 152 cm³/mol. The van der Waals surface area contributed by atoms with Gasteiger partial charge in [0.1, 0.15) is 5.75 Å². The number of carbonyl (C=O) groups excluding carboxylic acids is 1. The molecular weight excluding hydrogens is 480 g/mol. The van der Waals surface area contributed by atoms with Crippen molar-refractivity contribution in [3.63, 3.8) is 0 Å². The number of hydrogen-bond donors (Lipinski definition) is 1. The Bertz CT molecular complexity index is 1370. The SMILES string of the molecule is COc1ccc(-c2nnc(SCC(=O)Nc3ccccc3C(C)(C)C)n2-c2ccccc2C(C)C)cc1. The first-order valence-electron chi connectivity index (χ1n) is 12.4. The van der Waals surface area contributed by atoms with Crippen molar-refractivity contribution in [2.45, 2.75) is 51.1 Å². The zero-order chi connectivity index (χ0) is 26.6. The van der Waals surface area contributed by atoms with E-state index >= 15 is 0 Å². The summed E-state index contributed by atoms with van der Waals surface area (Å²) in [6.45, 7) is 10.8. The summed E-state index contributed by atoms with van der Waals surface area (Å²) in [5.74, 6) is 1.93. The topological polar surface area (TPSA) is 69.0 Å². The lowest BCUT2D eigenvalue weighted by atomic mass is 9.86. The van der Waals surface area contributed by atoms with Crippen LogP contribution in [0, 0.1) is 0 Å². The average molecular weight is 515 g/mol. The highest BCUT2D eigenvalue weighted by Gasteiger charge is 2.22. The number of nitrogens with zero attached hydrogens (tertiary/aromatic N) is 3. The van der Waals surface area contributed by atoms with Gasteiger partial charge >= 0.3 is 0 Å². The fourth-order valence-corrected chi connectivity index (χ4v) is 4.99. The highest BCUT2D eigenvalue weighted by molar-refractivity contribution is 7.99. The summed E-state index contributed by atoms with van der Waals surface area (Å²) in [5, 5.41) is 12.8. The third kappa shape index (κ3) is 6.05. The molecule has 4 aromatic rings. The number of ether oxygens (including phenoxy) is 1. The van der Waals surface area contributed by atoms with Crippen molar-refractivity contribution in [1.29, 1.82) is 0 Å². The lowest BCUT2D eigenvalue weighted by Gasteiger charge is -2.23. The van der Waals surface area contributed by atoms with E-state index in [9.17, 15) is 4.79 Å². The van der Waals surface area contributed by atoms with Crippen molar-refractivity contribution < 1.29 is 9.53 Å². The molecule has 0 aliphatic heterocycles. The molecule has 0 radical (unpaired) electrons. The van der Waals surface area contributed by atoms with Gasteiger partial charge in [0.25, 0.3) is 0 Å². The smallest absolute Gasteiger partial charge is 0.234 e. The lowest BCUT2D eigenvalue weighted by molar-refractivity contribution is -0.113. The van der Waals surface area contributed by atoms with Crippen LogP contribution in [0.1, 0.15) is 51.7 Å². The van der Waals surface area contributed by atoms with Crippen LogP contribution in [0.15, 0.2) is 78.0 Å². The van der Waals surface area contributed by atoms with Crippen LogP contribution in [0.4, 0.5) is 5.69 Å². The molecule has 1 aromatic heterocycles. The molecule has 0 unspecified atom stereocenters. The number of hydrogen-bond acceptors (Lipinski definition) is 5. The van der Waals surface area contributed by atoms with Gasteiger partial charge in [0.2, 0.25) is 5.91 Å². The number of para-hydroxylation sites is 2. The fraction of sp³-hybridized carbons (Fsp3) is 0.300. The number of benzene rings is 3. The number of nitrogens with one attached hydrogen (secondary N) is 1. The maximum atomic E-state index is 13.0. The van der Waals surface area contributed by atoms with Gasteiger partial charge in [-0.25, -0.2) is 0 Å². The molecule has 3 aromatic carbocycles. The Morgan fingerprint density at radius 1 is 0.973 bits per heavy atom. The second-order valence-electron chi connectivity index (χ2n) is 10.2. The van der Waals surface area contributed by atoms with Crippen molar-refractivity contribution in [2.75, 3.05) is 18.2 Å². The molecule has 0 aliphatic carbocycles. The molecule has 0 saturated heterocycles. The van der Waals surface area contributed by atoms with E-state index in [4.69, 9.17) is 4.74 Å². The van der Waals surface area contributed by atoms with Gasteiger partial charge in [0, 0.05) is 11.3 Å². The molecule has 6 nitrogen and oxygen atoms in total. The third-order valence-corrected chi connectivity index (χ3v) is 7.05. The Kier molecular flexibility index (Phi) is 8.03. The largest absolute Gasteiger partial charge is 0.497 e. The Hall–Kier alpha value is -3.58. The van der Waals surface area contributed by atoms with Crippen LogP contribution in [-0.4, -0.2) is 33.5 Å². The first kappa shape index (κ1) is 26.5. The Morgan fingerprint density at radius 3 is 2.32 bits per heavy atom. The van der Waals surface area contributed by atoms with E-state index in [0.717, 1.165) is 34.1 Å². The van der Waals surface area contributed by atoms with Crippen molar-refractivity contribution in [3.8, 4) is 22.8 Å². The summed E-state index contributed by atoms with van der Waals surface area (Å²) in [5.41, 5.74) is 4.97. The van der Waals surface area contributed by atoms with Gasteiger partial charge in [-0.2, -0.15) is 0 Å². The number of aromatic nitrogens is 3. The van der Waals surface area contributed by atoms with Crippen molar-refractivity contribution >= 4 is 23.4 Å². The standard InChI is InChI=1S/C30H34N4O2S/c1-20(2)23-11-7-10-14-26(23)34-28(21-15-17-22(36-6)18-16-21)32-33-29(34)37-19-27(35)31-25-13-9-8-12-24(25)30(3,4)5/h7-18,20H,19H2,1-6H3,(H,31,35). The summed E-state index contributed by atoms with van der Waals surface area (Å²) >= 11 is 1.38. The van der Waals surface area contributed by atoms with E-state index in [1.54, 1.807) is 7.11 Å². The number of amides is 1. The van der Waals surface area contributed by atoms with Gasteiger partial charge in [-0.05, 0) is 58.9 Å². The number of anilines is 1. The van der Waals surface area contributed by atoms with Crippen molar-refractivity contribution in [3.05, 3.63) is 83.9 Å². The van der Waals surface area contributed by atoms with Gasteiger partial charge in [-0.3, -0.25) is 9.36 Å². The van der Waals surface area contributed by atoms with E-state index in [-0.39, 0.29) is 17.1 Å². The van der Waals surface area contributed by atoms with Gasteiger partial charge in [-0.1, -0.05) is 82.8 Å². The maximum Gasteiger partial charge on any atom is 0.234 e. The van der Waals surface area contributed by atoms with Gasteiger partial charge in [0.15, 0.2) is 11.0 Å². The molecule has 0 bridgehead atoms. The van der Waals surface area contributed by atoms with E-state index in [1.807, 2.05) is 54.6 Å². The summed E-state index contributed by atoms with van der Waals surface area (Å²) in [6, 6.07) is 24.0. The van der Waals surface area contributed by atoms with E-state index in [1.165, 1.54) is 17.3 Å². The highest BCUT2D eigenvalue weighted by Crippen LogP contribution is 2.33. The van der Waals surface area contributed by atoms with E-state index < -0.39 is 0 Å². The fourth-order valence-electron chi connectivity index (χ4n) is 4.25. The lowest BCUT2D eigenvalue weighted by Crippen LogP contribution is -2.20. The minimum Gasteiger partial charge on any atom is -0.497 e. The molecule has 1 N–H and O–H groups in total. The number of rotatable bonds is 8. The van der Waals surface area contributed by atoms with Crippen LogP contribution in [0.25, 0.3) is 17.1 Å². The molecule has 7 heteroatoms. The van der Waals surface area contributed by atoms with E-state index in [2.05, 4.69) is 72.9 Å². The van der Waals surface area contributed by atoms with Crippen LogP contribution < -0.4 is 10.1 Å². The highest BCUT2D eigenvalue weighted by atomic mass is 32.2. The molecule has 37 heavy (non-hydrogen) atoms. The van der Waals surface area contributed by atoms with E-state index in [0.29, 0.717) is 11.1 Å². The van der Waals surface area contributed by atoms with Crippen LogP contribution in [0.5, 0.6) is 5.75 Å². The first-order valence-corrected chi connectivity index (χ1v) is 13.4. The minimum absolute atomic E-state index is 0.0784. The van der Waals surface area contributed by atoms with Crippen LogP contribution in [0.2, 0.25) is 0 Å². The van der Waals surface area contributed by atoms with Crippen LogP contribution >= 0.6 is 11.8 Å². The molecule has 0 fully saturated rings. The Balaban J connectivity index is 1.66. The molecule has 1 amide bonds. The predicted octanol–water partition coefficient (Wildman–Crippen LogP) is 7.09. The maximum absolute atomic E-state index is 13.0. The Labute approximate surface area is 223 Å². The summed E-state index contributed by atoms with van der Waals surface area (Å²) < 4.78 is 7.38. The van der Waals surface area contributed by atoms with Crippen LogP contribution in [0.3, 0.4) is 0 Å². The number of methoxy groups -OCH3 is 1. The van der Waals surface area contributed by atoms with Crippen molar-refractivity contribution in [2.24, 2.45) is 0 Å².